The Kier molecular flexibility index (Phi) is 5.64. The number of benzene rings is 1. The van der Waals surface area contributed by atoms with E-state index in [2.05, 4.69) is 5.32 Å². The topological polar surface area (TPSA) is 115 Å². The minimum absolute atomic E-state index is 0.0371. The van der Waals surface area contributed by atoms with Crippen LogP contribution in [-0.2, 0) is 11.2 Å². The van der Waals surface area contributed by atoms with Gasteiger partial charge in [0.2, 0.25) is 11.8 Å². The lowest BCUT2D eigenvalue weighted by Gasteiger charge is -2.14. The summed E-state index contributed by atoms with van der Waals surface area (Å²) in [5, 5.41) is 4.10. The normalized spacial score (nSPS) is 11.7. The van der Waals surface area contributed by atoms with Gasteiger partial charge in [0.15, 0.2) is 0 Å². The molecule has 0 aliphatic rings. The first-order chi connectivity index (χ1) is 11.4. The maximum Gasteiger partial charge on any atom is 0.261 e. The molecule has 6 nitrogen and oxygen atoms in total. The molecule has 1 unspecified atom stereocenters. The SMILES string of the molecule is NC(=O)c1csc(C(=O)NCC(Cc2ccc(F)cc2)C(N)=O)c1. The predicted octanol–water partition coefficient (Wildman–Crippen LogP) is 1.06. The van der Waals surface area contributed by atoms with Crippen molar-refractivity contribution in [2.75, 3.05) is 6.54 Å². The molecular formula is C16H16FN3O3S. The van der Waals surface area contributed by atoms with Gasteiger partial charge in [0, 0.05) is 11.9 Å². The van der Waals surface area contributed by atoms with Crippen LogP contribution in [0.2, 0.25) is 0 Å². The zero-order chi connectivity index (χ0) is 17.7. The molecule has 0 fully saturated rings. The van der Waals surface area contributed by atoms with E-state index in [0.717, 1.165) is 16.9 Å². The Balaban J connectivity index is 1.97. The molecule has 8 heteroatoms. The number of amides is 3. The Hall–Kier alpha value is -2.74. The molecule has 24 heavy (non-hydrogen) atoms. The highest BCUT2D eigenvalue weighted by molar-refractivity contribution is 7.12. The fourth-order valence-corrected chi connectivity index (χ4v) is 2.88. The highest BCUT2D eigenvalue weighted by atomic mass is 32.1. The van der Waals surface area contributed by atoms with Gasteiger partial charge in [0.25, 0.3) is 5.91 Å². The second-order valence-electron chi connectivity index (χ2n) is 5.20. The lowest BCUT2D eigenvalue weighted by molar-refractivity contribution is -0.121. The van der Waals surface area contributed by atoms with Crippen LogP contribution in [-0.4, -0.2) is 24.3 Å². The van der Waals surface area contributed by atoms with E-state index in [1.807, 2.05) is 0 Å². The number of halogens is 1. The molecule has 2 rings (SSSR count). The zero-order valence-corrected chi connectivity index (χ0v) is 13.4. The van der Waals surface area contributed by atoms with Crippen molar-refractivity contribution in [3.63, 3.8) is 0 Å². The Bertz CT molecular complexity index is 758. The van der Waals surface area contributed by atoms with Crippen LogP contribution in [0.4, 0.5) is 4.39 Å². The molecule has 2 aromatic rings. The van der Waals surface area contributed by atoms with Crippen LogP contribution in [0.15, 0.2) is 35.7 Å². The van der Waals surface area contributed by atoms with Gasteiger partial charge in [-0.15, -0.1) is 11.3 Å². The van der Waals surface area contributed by atoms with E-state index < -0.39 is 23.6 Å². The van der Waals surface area contributed by atoms with Crippen molar-refractivity contribution in [1.82, 2.24) is 5.32 Å². The van der Waals surface area contributed by atoms with E-state index >= 15 is 0 Å². The number of thiophene rings is 1. The predicted molar refractivity (Wildman–Crippen MR) is 88.0 cm³/mol. The van der Waals surface area contributed by atoms with E-state index in [4.69, 9.17) is 11.5 Å². The highest BCUT2D eigenvalue weighted by Gasteiger charge is 2.19. The minimum Gasteiger partial charge on any atom is -0.369 e. The fourth-order valence-electron chi connectivity index (χ4n) is 2.07. The van der Waals surface area contributed by atoms with Gasteiger partial charge in [-0.25, -0.2) is 4.39 Å². The minimum atomic E-state index is -0.630. The van der Waals surface area contributed by atoms with Gasteiger partial charge in [-0.05, 0) is 30.2 Å². The van der Waals surface area contributed by atoms with Crippen LogP contribution in [0, 0.1) is 11.7 Å². The quantitative estimate of drug-likeness (QED) is 0.694. The Morgan fingerprint density at radius 2 is 1.83 bits per heavy atom. The van der Waals surface area contributed by atoms with E-state index in [9.17, 15) is 18.8 Å². The van der Waals surface area contributed by atoms with Crippen molar-refractivity contribution in [2.45, 2.75) is 6.42 Å². The van der Waals surface area contributed by atoms with Crippen LogP contribution < -0.4 is 16.8 Å². The Morgan fingerprint density at radius 3 is 2.38 bits per heavy atom. The van der Waals surface area contributed by atoms with Gasteiger partial charge in [-0.3, -0.25) is 14.4 Å². The number of carbonyl (C=O) groups is 3. The first kappa shape index (κ1) is 17.6. The number of primary amides is 2. The monoisotopic (exact) mass is 349 g/mol. The van der Waals surface area contributed by atoms with Crippen molar-refractivity contribution in [3.8, 4) is 0 Å². The van der Waals surface area contributed by atoms with Crippen LogP contribution >= 0.6 is 11.3 Å². The number of hydrogen-bond acceptors (Lipinski definition) is 4. The summed E-state index contributed by atoms with van der Waals surface area (Å²) < 4.78 is 12.9. The third-order valence-electron chi connectivity index (χ3n) is 3.41. The maximum absolute atomic E-state index is 12.9. The van der Waals surface area contributed by atoms with E-state index in [1.165, 1.54) is 23.6 Å². The van der Waals surface area contributed by atoms with Gasteiger partial charge in [0.1, 0.15) is 5.82 Å². The van der Waals surface area contributed by atoms with Crippen LogP contribution in [0.1, 0.15) is 25.6 Å². The Labute approximate surface area is 141 Å². The first-order valence-electron chi connectivity index (χ1n) is 7.07. The third-order valence-corrected chi connectivity index (χ3v) is 4.34. The average molecular weight is 349 g/mol. The largest absolute Gasteiger partial charge is 0.369 e. The lowest BCUT2D eigenvalue weighted by atomic mass is 9.98. The van der Waals surface area contributed by atoms with Crippen molar-refractivity contribution in [3.05, 3.63) is 57.5 Å². The zero-order valence-electron chi connectivity index (χ0n) is 12.6. The van der Waals surface area contributed by atoms with Crippen molar-refractivity contribution in [1.29, 1.82) is 0 Å². The molecule has 0 saturated carbocycles. The molecule has 5 N–H and O–H groups in total. The summed E-state index contributed by atoms with van der Waals surface area (Å²) in [6.45, 7) is 0.0371. The summed E-state index contributed by atoms with van der Waals surface area (Å²) in [4.78, 5) is 34.9. The summed E-state index contributed by atoms with van der Waals surface area (Å²) in [6.07, 6.45) is 0.285. The summed E-state index contributed by atoms with van der Waals surface area (Å²) in [5.74, 6) is -2.60. The van der Waals surface area contributed by atoms with E-state index in [1.54, 1.807) is 12.1 Å². The van der Waals surface area contributed by atoms with Crippen molar-refractivity contribution in [2.24, 2.45) is 17.4 Å². The number of rotatable bonds is 7. The fraction of sp³-hybridized carbons (Fsp3) is 0.188. The molecule has 0 saturated heterocycles. The molecule has 0 bridgehead atoms. The molecular weight excluding hydrogens is 333 g/mol. The molecule has 1 aromatic carbocycles. The van der Waals surface area contributed by atoms with Gasteiger partial charge in [-0.1, -0.05) is 12.1 Å². The molecule has 1 heterocycles. The van der Waals surface area contributed by atoms with Gasteiger partial charge >= 0.3 is 0 Å². The van der Waals surface area contributed by atoms with Gasteiger partial charge in [-0.2, -0.15) is 0 Å². The van der Waals surface area contributed by atoms with Gasteiger partial charge < -0.3 is 16.8 Å². The molecule has 0 aliphatic heterocycles. The van der Waals surface area contributed by atoms with E-state index in [-0.39, 0.29) is 24.3 Å². The second kappa shape index (κ2) is 7.69. The molecule has 1 aromatic heterocycles. The summed E-state index contributed by atoms with van der Waals surface area (Å²) >= 11 is 1.08. The lowest BCUT2D eigenvalue weighted by Crippen LogP contribution is -2.37. The van der Waals surface area contributed by atoms with Crippen LogP contribution in [0.25, 0.3) is 0 Å². The number of nitrogens with two attached hydrogens (primary N) is 2. The van der Waals surface area contributed by atoms with Crippen molar-refractivity contribution < 1.29 is 18.8 Å². The first-order valence-corrected chi connectivity index (χ1v) is 7.95. The summed E-state index contributed by atoms with van der Waals surface area (Å²) in [7, 11) is 0. The maximum atomic E-state index is 12.9. The summed E-state index contributed by atoms with van der Waals surface area (Å²) in [6, 6.07) is 7.10. The third kappa shape index (κ3) is 4.63. The Morgan fingerprint density at radius 1 is 1.17 bits per heavy atom. The van der Waals surface area contributed by atoms with Gasteiger partial charge in [0.05, 0.1) is 16.4 Å². The highest BCUT2D eigenvalue weighted by Crippen LogP contribution is 2.15. The number of carbonyl (C=O) groups excluding carboxylic acids is 3. The molecule has 0 spiro atoms. The molecule has 0 radical (unpaired) electrons. The van der Waals surface area contributed by atoms with Crippen LogP contribution in [0.5, 0.6) is 0 Å². The average Bonchev–Trinajstić information content (AvgIpc) is 3.03. The molecule has 3 amide bonds. The van der Waals surface area contributed by atoms with E-state index in [0.29, 0.717) is 4.88 Å². The number of hydrogen-bond donors (Lipinski definition) is 3. The van der Waals surface area contributed by atoms with Crippen molar-refractivity contribution >= 4 is 29.1 Å². The smallest absolute Gasteiger partial charge is 0.261 e. The summed E-state index contributed by atoms with van der Waals surface area (Å²) in [5.41, 5.74) is 11.5. The molecule has 1 atom stereocenters. The number of nitrogens with one attached hydrogen (secondary N) is 1. The standard InChI is InChI=1S/C16H16FN3O3S/c17-12-3-1-9(2-4-12)5-10(14(18)21)7-20-16(23)13-6-11(8-24-13)15(19)22/h1-4,6,8,10H,5,7H2,(H2,18,21)(H2,19,22)(H,20,23). The second-order valence-corrected chi connectivity index (χ2v) is 6.12. The van der Waals surface area contributed by atoms with Crippen LogP contribution in [0.3, 0.4) is 0 Å². The molecule has 126 valence electrons. The molecule has 0 aliphatic carbocycles.